The van der Waals surface area contributed by atoms with Crippen LogP contribution in [0, 0.1) is 11.8 Å². The SMILES string of the molecule is CCC(Cc1c(-c2ccc(Cl)cc2)nc2ncccn12)C1CNC(=O)C1. The van der Waals surface area contributed by atoms with Crippen molar-refractivity contribution >= 4 is 23.3 Å². The van der Waals surface area contributed by atoms with Crippen LogP contribution < -0.4 is 5.32 Å². The van der Waals surface area contributed by atoms with Gasteiger partial charge < -0.3 is 5.32 Å². The first kappa shape index (κ1) is 17.0. The van der Waals surface area contributed by atoms with Crippen molar-refractivity contribution in [2.45, 2.75) is 26.2 Å². The molecule has 0 bridgehead atoms. The number of nitrogens with zero attached hydrogens (tertiary/aromatic N) is 3. The molecule has 3 aromatic rings. The van der Waals surface area contributed by atoms with Crippen LogP contribution in [0.15, 0.2) is 42.7 Å². The first-order valence-corrected chi connectivity index (χ1v) is 9.38. The Kier molecular flexibility index (Phi) is 4.64. The third-order valence-corrected chi connectivity index (χ3v) is 5.53. The number of nitrogens with one attached hydrogen (secondary N) is 1. The summed E-state index contributed by atoms with van der Waals surface area (Å²) in [6.07, 6.45) is 6.27. The third-order valence-electron chi connectivity index (χ3n) is 5.28. The highest BCUT2D eigenvalue weighted by Crippen LogP contribution is 2.31. The van der Waals surface area contributed by atoms with Crippen LogP contribution in [0.5, 0.6) is 0 Å². The normalized spacial score (nSPS) is 18.2. The summed E-state index contributed by atoms with van der Waals surface area (Å²) < 4.78 is 2.07. The number of aromatic nitrogens is 3. The van der Waals surface area contributed by atoms with E-state index in [1.54, 1.807) is 6.20 Å². The number of amides is 1. The van der Waals surface area contributed by atoms with Crippen LogP contribution in [0.3, 0.4) is 0 Å². The molecular weight excluding hydrogens is 348 g/mol. The highest BCUT2D eigenvalue weighted by molar-refractivity contribution is 6.30. The van der Waals surface area contributed by atoms with Crippen LogP contribution in [0.1, 0.15) is 25.5 Å². The number of carbonyl (C=O) groups excluding carboxylic acids is 1. The molecule has 1 saturated heterocycles. The Morgan fingerprint density at radius 3 is 2.85 bits per heavy atom. The largest absolute Gasteiger partial charge is 0.356 e. The quantitative estimate of drug-likeness (QED) is 0.746. The van der Waals surface area contributed by atoms with Crippen molar-refractivity contribution in [3.05, 3.63) is 53.4 Å². The molecule has 0 saturated carbocycles. The second kappa shape index (κ2) is 7.08. The highest BCUT2D eigenvalue weighted by Gasteiger charge is 2.30. The van der Waals surface area contributed by atoms with Crippen LogP contribution in [0.4, 0.5) is 0 Å². The second-order valence-corrected chi connectivity index (χ2v) is 7.28. The van der Waals surface area contributed by atoms with Gasteiger partial charge in [0.05, 0.1) is 11.4 Å². The Bertz CT molecular complexity index is 935. The topological polar surface area (TPSA) is 59.3 Å². The van der Waals surface area contributed by atoms with E-state index in [0.717, 1.165) is 36.3 Å². The zero-order valence-corrected chi connectivity index (χ0v) is 15.4. The zero-order valence-electron chi connectivity index (χ0n) is 14.7. The molecule has 1 N–H and O–H groups in total. The Morgan fingerprint density at radius 2 is 2.15 bits per heavy atom. The average Bonchev–Trinajstić information content (AvgIpc) is 3.24. The van der Waals surface area contributed by atoms with Crippen molar-refractivity contribution in [1.82, 2.24) is 19.7 Å². The van der Waals surface area contributed by atoms with Gasteiger partial charge in [0.2, 0.25) is 11.7 Å². The van der Waals surface area contributed by atoms with Crippen molar-refractivity contribution < 1.29 is 4.79 Å². The van der Waals surface area contributed by atoms with E-state index in [-0.39, 0.29) is 5.91 Å². The number of carbonyl (C=O) groups is 1. The Labute approximate surface area is 157 Å². The van der Waals surface area contributed by atoms with E-state index < -0.39 is 0 Å². The van der Waals surface area contributed by atoms with E-state index in [2.05, 4.69) is 21.6 Å². The molecule has 2 atom stereocenters. The Balaban J connectivity index is 1.75. The standard InChI is InChI=1S/C20H21ClN4O/c1-2-13(15-11-18(26)23-12-15)10-17-19(14-4-6-16(21)7-5-14)24-20-22-8-3-9-25(17)20/h3-9,13,15H,2,10-12H2,1H3,(H,23,26). The molecule has 6 heteroatoms. The second-order valence-electron chi connectivity index (χ2n) is 6.84. The molecule has 4 rings (SSSR count). The first-order valence-electron chi connectivity index (χ1n) is 9.00. The molecule has 5 nitrogen and oxygen atoms in total. The van der Waals surface area contributed by atoms with E-state index in [1.807, 2.05) is 36.5 Å². The molecule has 134 valence electrons. The fraction of sp³-hybridized carbons (Fsp3) is 0.350. The van der Waals surface area contributed by atoms with Gasteiger partial charge in [0.25, 0.3) is 0 Å². The molecule has 0 aliphatic carbocycles. The van der Waals surface area contributed by atoms with Crippen LogP contribution in [-0.4, -0.2) is 26.8 Å². The van der Waals surface area contributed by atoms with Gasteiger partial charge in [-0.2, -0.15) is 0 Å². The summed E-state index contributed by atoms with van der Waals surface area (Å²) in [6, 6.07) is 9.68. The highest BCUT2D eigenvalue weighted by atomic mass is 35.5. The monoisotopic (exact) mass is 368 g/mol. The summed E-state index contributed by atoms with van der Waals surface area (Å²) >= 11 is 6.05. The van der Waals surface area contributed by atoms with Gasteiger partial charge in [0.1, 0.15) is 0 Å². The molecule has 2 unspecified atom stereocenters. The van der Waals surface area contributed by atoms with Gasteiger partial charge in [-0.25, -0.2) is 9.97 Å². The Morgan fingerprint density at radius 1 is 1.35 bits per heavy atom. The van der Waals surface area contributed by atoms with E-state index in [0.29, 0.717) is 29.1 Å². The van der Waals surface area contributed by atoms with Gasteiger partial charge in [-0.15, -0.1) is 0 Å². The number of hydrogen-bond donors (Lipinski definition) is 1. The third kappa shape index (κ3) is 3.19. The number of benzene rings is 1. The van der Waals surface area contributed by atoms with Crippen molar-refractivity contribution in [3.63, 3.8) is 0 Å². The zero-order chi connectivity index (χ0) is 18.1. The molecule has 0 spiro atoms. The minimum atomic E-state index is 0.159. The fourth-order valence-electron chi connectivity index (χ4n) is 3.82. The number of halogens is 1. The van der Waals surface area contributed by atoms with Gasteiger partial charge in [0, 0.05) is 35.9 Å². The van der Waals surface area contributed by atoms with E-state index in [4.69, 9.17) is 16.6 Å². The molecule has 1 fully saturated rings. The van der Waals surface area contributed by atoms with Crippen molar-refractivity contribution in [2.75, 3.05) is 6.54 Å². The maximum atomic E-state index is 11.7. The van der Waals surface area contributed by atoms with Crippen LogP contribution in [-0.2, 0) is 11.2 Å². The summed E-state index contributed by atoms with van der Waals surface area (Å²) in [5.41, 5.74) is 3.11. The minimum Gasteiger partial charge on any atom is -0.356 e. The maximum Gasteiger partial charge on any atom is 0.234 e. The summed E-state index contributed by atoms with van der Waals surface area (Å²) in [6.45, 7) is 2.96. The van der Waals surface area contributed by atoms with Crippen molar-refractivity contribution in [2.24, 2.45) is 11.8 Å². The predicted octanol–water partition coefficient (Wildman–Crippen LogP) is 3.75. The number of hydrogen-bond acceptors (Lipinski definition) is 3. The molecule has 26 heavy (non-hydrogen) atoms. The van der Waals surface area contributed by atoms with E-state index in [9.17, 15) is 4.79 Å². The van der Waals surface area contributed by atoms with Crippen LogP contribution in [0.25, 0.3) is 17.0 Å². The molecule has 3 heterocycles. The molecule has 1 aliphatic heterocycles. The van der Waals surface area contributed by atoms with Gasteiger partial charge in [-0.3, -0.25) is 9.20 Å². The lowest BCUT2D eigenvalue weighted by molar-refractivity contribution is -0.119. The van der Waals surface area contributed by atoms with Gasteiger partial charge in [-0.1, -0.05) is 37.1 Å². The van der Waals surface area contributed by atoms with Gasteiger partial charge in [0.15, 0.2) is 0 Å². The van der Waals surface area contributed by atoms with Gasteiger partial charge >= 0.3 is 0 Å². The van der Waals surface area contributed by atoms with E-state index >= 15 is 0 Å². The lowest BCUT2D eigenvalue weighted by atomic mass is 9.85. The first-order chi connectivity index (χ1) is 12.7. The Hall–Kier alpha value is -2.40. The summed E-state index contributed by atoms with van der Waals surface area (Å²) in [5, 5.41) is 3.67. The molecule has 2 aromatic heterocycles. The average molecular weight is 369 g/mol. The molecule has 0 radical (unpaired) electrons. The molecule has 1 aromatic carbocycles. The lowest BCUT2D eigenvalue weighted by Gasteiger charge is -2.21. The van der Waals surface area contributed by atoms with Crippen molar-refractivity contribution in [3.8, 4) is 11.3 Å². The number of rotatable bonds is 5. The predicted molar refractivity (Wildman–Crippen MR) is 102 cm³/mol. The smallest absolute Gasteiger partial charge is 0.234 e. The van der Waals surface area contributed by atoms with Crippen molar-refractivity contribution in [1.29, 1.82) is 0 Å². The summed E-state index contributed by atoms with van der Waals surface area (Å²) in [5.74, 6) is 1.64. The van der Waals surface area contributed by atoms with Crippen LogP contribution in [0.2, 0.25) is 5.02 Å². The number of fused-ring (bicyclic) bond motifs is 1. The summed E-state index contributed by atoms with van der Waals surface area (Å²) in [4.78, 5) is 20.8. The lowest BCUT2D eigenvalue weighted by Crippen LogP contribution is -2.20. The minimum absolute atomic E-state index is 0.159. The maximum absolute atomic E-state index is 11.7. The van der Waals surface area contributed by atoms with Crippen LogP contribution >= 0.6 is 11.6 Å². The van der Waals surface area contributed by atoms with E-state index in [1.165, 1.54) is 0 Å². The van der Waals surface area contributed by atoms with Gasteiger partial charge in [-0.05, 0) is 36.5 Å². The summed E-state index contributed by atoms with van der Waals surface area (Å²) in [7, 11) is 0. The fourth-order valence-corrected chi connectivity index (χ4v) is 3.95. The molecule has 1 aliphatic rings. The number of imidazole rings is 1. The molecule has 1 amide bonds. The molecular formula is C20H21ClN4O.